The van der Waals surface area contributed by atoms with Gasteiger partial charge in [0.1, 0.15) is 0 Å². The Morgan fingerprint density at radius 3 is 1.14 bits per heavy atom. The van der Waals surface area contributed by atoms with E-state index in [9.17, 15) is 9.59 Å². The minimum absolute atomic E-state index is 0.0178. The van der Waals surface area contributed by atoms with E-state index in [2.05, 4.69) is 165 Å². The molecule has 0 bridgehead atoms. The van der Waals surface area contributed by atoms with Crippen LogP contribution in [0.4, 0.5) is 22.7 Å². The molecule has 2 saturated heterocycles. The monoisotopic (exact) mass is 1380 g/mol. The van der Waals surface area contributed by atoms with Crippen molar-refractivity contribution in [3.8, 4) is 11.5 Å². The minimum atomic E-state index is -1.92. The number of para-hydroxylation sites is 2. The van der Waals surface area contributed by atoms with Crippen molar-refractivity contribution in [2.75, 3.05) is 52.4 Å². The molecule has 452 valence electrons. The average molecular weight is 1380 g/mol. The second-order valence-electron chi connectivity index (χ2n) is 22.4. The Labute approximate surface area is 523 Å². The van der Waals surface area contributed by atoms with Crippen molar-refractivity contribution in [1.82, 2.24) is 0 Å². The molecule has 1 unspecified atom stereocenters. The van der Waals surface area contributed by atoms with E-state index in [0.717, 1.165) is 55.9 Å². The average Bonchev–Trinajstić information content (AvgIpc) is 4.15. The first-order valence-electron chi connectivity index (χ1n) is 28.7. The van der Waals surface area contributed by atoms with Crippen molar-refractivity contribution in [1.29, 1.82) is 0 Å². The van der Waals surface area contributed by atoms with E-state index in [1.54, 1.807) is 10.7 Å². The summed E-state index contributed by atoms with van der Waals surface area (Å²) in [4.78, 5) is 32.8. The number of hydrogen-bond acceptors (Lipinski definition) is 8. The minimum Gasteiger partial charge on any atom is -0.502 e. The zero-order valence-electron chi connectivity index (χ0n) is 51.1. The predicted molar refractivity (Wildman–Crippen MR) is 350 cm³/mol. The van der Waals surface area contributed by atoms with E-state index in [4.69, 9.17) is 48.2 Å². The molecule has 0 amide bonds. The van der Waals surface area contributed by atoms with Gasteiger partial charge in [-0.3, -0.25) is 0 Å². The second kappa shape index (κ2) is 32.4. The molecule has 3 fully saturated rings. The Bertz CT molecular complexity index is 2930. The SMILES string of the molecule is CC(=O)COc1ccccc1[CH]=[Ru]([Cl])[Cl].CCC(=O)C(Oc1ccccc1[CH]=[Ru]([Cl])[Cl])C1CCCCC1.Cc1cc(C)c(N2[CH-]N(c3c(C)cc(C)cc3C)CC2)c(C)c1.Cc1cc(C)c(N2[CH-]N(c3c(C)cc(C)cc3C)CC2)c(C)c1. The van der Waals surface area contributed by atoms with Crippen LogP contribution in [0.1, 0.15) is 130 Å². The molecule has 2 aliphatic heterocycles. The van der Waals surface area contributed by atoms with Gasteiger partial charge in [-0.15, -0.1) is 0 Å². The molecule has 6 aromatic carbocycles. The summed E-state index contributed by atoms with van der Waals surface area (Å²) in [5.74, 6) is 1.87. The zero-order chi connectivity index (χ0) is 60.7. The maximum absolute atomic E-state index is 12.4. The Morgan fingerprint density at radius 1 is 0.518 bits per heavy atom. The number of halogens is 4. The predicted octanol–water partition coefficient (Wildman–Crippen LogP) is 17.8. The number of anilines is 4. The Kier molecular flexibility index (Phi) is 26.4. The van der Waals surface area contributed by atoms with Gasteiger partial charge in [0.2, 0.25) is 0 Å². The molecule has 2 heterocycles. The number of aryl methyl sites for hydroxylation is 12. The maximum atomic E-state index is 12.4. The number of carbonyl (C=O) groups excluding carboxylic acids is 2. The van der Waals surface area contributed by atoms with E-state index < -0.39 is 27.0 Å². The molecule has 1 aliphatic carbocycles. The van der Waals surface area contributed by atoms with Gasteiger partial charge in [0, 0.05) is 48.9 Å². The molecule has 14 heteroatoms. The molecule has 0 radical (unpaired) electrons. The summed E-state index contributed by atoms with van der Waals surface area (Å²) in [5.41, 5.74) is 23.4. The smallest absolute Gasteiger partial charge is 0.0146 e. The summed E-state index contributed by atoms with van der Waals surface area (Å²) in [6.45, 7) is 38.6. The molecule has 6 aromatic rings. The quantitative estimate of drug-likeness (QED) is 0.0790. The number of ketones is 2. The van der Waals surface area contributed by atoms with Crippen molar-refractivity contribution in [2.24, 2.45) is 5.92 Å². The van der Waals surface area contributed by atoms with Crippen LogP contribution in [0, 0.1) is 102 Å². The summed E-state index contributed by atoms with van der Waals surface area (Å²) in [6, 6.07) is 33.3. The summed E-state index contributed by atoms with van der Waals surface area (Å²) in [6.07, 6.45) is 5.96. The topological polar surface area (TPSA) is 65.6 Å². The summed E-state index contributed by atoms with van der Waals surface area (Å²) in [7, 11) is 23.5. The zero-order valence-corrected chi connectivity index (χ0v) is 57.6. The fraction of sp³-hybridized carbons (Fsp3) is 0.391. The van der Waals surface area contributed by atoms with Gasteiger partial charge in [-0.1, -0.05) is 70.8 Å². The first-order valence-corrected chi connectivity index (χ1v) is 39.6. The van der Waals surface area contributed by atoms with E-state index in [1.807, 2.05) is 54.0 Å². The van der Waals surface area contributed by atoms with E-state index in [0.29, 0.717) is 18.1 Å². The Balaban J connectivity index is 0.000000180. The van der Waals surface area contributed by atoms with Crippen molar-refractivity contribution in [2.45, 2.75) is 142 Å². The first-order chi connectivity index (χ1) is 39.4. The number of hydrogen-bond donors (Lipinski definition) is 0. The largest absolute Gasteiger partial charge is 0.502 e. The van der Waals surface area contributed by atoms with Crippen molar-refractivity contribution >= 4 is 82.3 Å². The van der Waals surface area contributed by atoms with Gasteiger partial charge in [0.15, 0.2) is 0 Å². The van der Waals surface area contributed by atoms with E-state index in [-0.39, 0.29) is 24.3 Å². The third-order valence-electron chi connectivity index (χ3n) is 15.1. The van der Waals surface area contributed by atoms with Crippen molar-refractivity contribution < 1.29 is 46.1 Å². The summed E-state index contributed by atoms with van der Waals surface area (Å²) in [5, 5.41) is 0. The van der Waals surface area contributed by atoms with Crippen LogP contribution in [0.3, 0.4) is 0 Å². The van der Waals surface area contributed by atoms with Crippen LogP contribution in [0.25, 0.3) is 0 Å². The van der Waals surface area contributed by atoms with Crippen LogP contribution in [-0.2, 0) is 36.6 Å². The molecule has 83 heavy (non-hydrogen) atoms. The van der Waals surface area contributed by atoms with Crippen molar-refractivity contribution in [3.63, 3.8) is 0 Å². The molecular weight excluding hydrogens is 1290 g/mol. The van der Waals surface area contributed by atoms with Crippen LogP contribution in [0.5, 0.6) is 11.5 Å². The number of benzene rings is 6. The molecule has 0 spiro atoms. The van der Waals surface area contributed by atoms with Crippen molar-refractivity contribution in [3.05, 3.63) is 188 Å². The normalized spacial score (nSPS) is 14.8. The third-order valence-corrected chi connectivity index (χ3v) is 18.7. The van der Waals surface area contributed by atoms with Gasteiger partial charge in [-0.25, -0.2) is 0 Å². The number of rotatable bonds is 14. The Hall–Kier alpha value is -4.39. The number of Topliss-reactive ketones (excluding diaryl/α,β-unsaturated/α-hetero) is 2. The van der Waals surface area contributed by atoms with E-state index >= 15 is 0 Å². The standard InChI is InChI=1S/2C21H27N2.C17H22O2.C10H10O2.4ClH.2Ru/c2*1-14-9-16(3)20(17(4)10-14)22-7-8-23(13-22)21-18(5)11-15(2)12-19(21)6;1-3-15(18)17(14-10-5-4-6-11-14)19-16-12-8-7-9-13(16)2;1-8-5-3-4-6-10(8)12-7-9(2)11;;;;;;/h2*9-13H,7-8H2,1-6H3;2,7-9,12,14,17H,3-6,10-11H2,1H3;1,3-6H,7H2,2H3;4*1H;;/q2*-1;;;;;;;2*+2/p-4. The van der Waals surface area contributed by atoms with Crippen LogP contribution >= 0.6 is 38.8 Å². The number of nitrogens with zero attached hydrogens (tertiary/aromatic N) is 4. The van der Waals surface area contributed by atoms with Gasteiger partial charge in [0.25, 0.3) is 0 Å². The molecule has 0 aromatic heterocycles. The first kappa shape index (κ1) is 67.7. The molecule has 1 saturated carbocycles. The van der Waals surface area contributed by atoms with Gasteiger partial charge in [0.05, 0.1) is 0 Å². The van der Waals surface area contributed by atoms with Gasteiger partial charge in [-0.2, -0.15) is 13.3 Å². The van der Waals surface area contributed by atoms with Crippen LogP contribution in [-0.4, -0.2) is 59.7 Å². The van der Waals surface area contributed by atoms with Gasteiger partial charge < -0.3 is 19.6 Å². The van der Waals surface area contributed by atoms with Crippen LogP contribution in [0.15, 0.2) is 97.1 Å². The molecule has 8 nitrogen and oxygen atoms in total. The molecule has 9 rings (SSSR count). The summed E-state index contributed by atoms with van der Waals surface area (Å²) >= 11 is -3.78. The van der Waals surface area contributed by atoms with Gasteiger partial charge in [-0.05, 0) is 128 Å². The molecular formula is C69H86Cl4N4O4Ru2-2. The maximum Gasteiger partial charge on any atom is 0.0146 e. The molecule has 3 aliphatic rings. The number of carbonyl (C=O) groups is 2. The van der Waals surface area contributed by atoms with Gasteiger partial charge >= 0.3 is 248 Å². The third kappa shape index (κ3) is 19.6. The Morgan fingerprint density at radius 2 is 0.831 bits per heavy atom. The molecule has 1 atom stereocenters. The van der Waals surface area contributed by atoms with Crippen LogP contribution < -0.4 is 29.1 Å². The fourth-order valence-corrected chi connectivity index (χ4v) is 15.7. The fourth-order valence-electron chi connectivity index (χ4n) is 12.1. The second-order valence-corrected chi connectivity index (χ2v) is 33.9. The van der Waals surface area contributed by atoms with E-state index in [1.165, 1.54) is 116 Å². The molecule has 0 N–H and O–H groups in total. The number of ether oxygens (including phenoxy) is 2. The summed E-state index contributed by atoms with van der Waals surface area (Å²) < 4.78 is 15.2. The van der Waals surface area contributed by atoms with Crippen LogP contribution in [0.2, 0.25) is 0 Å².